The van der Waals surface area contributed by atoms with E-state index in [9.17, 15) is 4.79 Å². The molecule has 0 spiro atoms. The Morgan fingerprint density at radius 1 is 1.53 bits per heavy atom. The van der Waals surface area contributed by atoms with Crippen LogP contribution in [0.5, 0.6) is 0 Å². The monoisotopic (exact) mass is 235 g/mol. The van der Waals surface area contributed by atoms with E-state index >= 15 is 0 Å². The lowest BCUT2D eigenvalue weighted by Crippen LogP contribution is -2.39. The van der Waals surface area contributed by atoms with Crippen LogP contribution < -0.4 is 10.6 Å². The number of amides is 1. The summed E-state index contributed by atoms with van der Waals surface area (Å²) in [6, 6.07) is 1.98. The molecule has 0 radical (unpaired) electrons. The lowest BCUT2D eigenvalue weighted by atomic mass is 10.1. The van der Waals surface area contributed by atoms with Crippen molar-refractivity contribution in [2.75, 3.05) is 13.1 Å². The van der Waals surface area contributed by atoms with Gasteiger partial charge in [0.25, 0.3) is 5.91 Å². The number of carbonyl (C=O) groups excluding carboxylic acids is 1. The number of hydrogen-bond donors (Lipinski definition) is 2. The Kier molecular flexibility index (Phi) is 2.63. The van der Waals surface area contributed by atoms with Crippen LogP contribution in [0.3, 0.4) is 0 Å². The molecule has 0 aromatic carbocycles. The van der Waals surface area contributed by atoms with Gasteiger partial charge in [-0.25, -0.2) is 0 Å². The molecule has 0 unspecified atom stereocenters. The molecule has 2 N–H and O–H groups in total. The van der Waals surface area contributed by atoms with Gasteiger partial charge < -0.3 is 15.2 Å². The molecule has 2 fully saturated rings. The molecule has 17 heavy (non-hydrogen) atoms. The molecule has 2 aliphatic rings. The third-order valence-electron chi connectivity index (χ3n) is 3.57. The van der Waals surface area contributed by atoms with E-state index in [1.807, 2.05) is 0 Å². The van der Waals surface area contributed by atoms with Crippen LogP contribution in [0.25, 0.3) is 0 Å². The fourth-order valence-electron chi connectivity index (χ4n) is 2.20. The van der Waals surface area contributed by atoms with E-state index in [0.717, 1.165) is 31.7 Å². The van der Waals surface area contributed by atoms with Crippen molar-refractivity contribution in [2.24, 2.45) is 5.92 Å². The van der Waals surface area contributed by atoms with Crippen molar-refractivity contribution in [1.29, 1.82) is 0 Å². The molecule has 3 rings (SSSR count). The van der Waals surface area contributed by atoms with Gasteiger partial charge in [-0.3, -0.25) is 4.79 Å². The van der Waals surface area contributed by atoms with Gasteiger partial charge >= 0.3 is 0 Å². The molecule has 5 nitrogen and oxygen atoms in total. The van der Waals surface area contributed by atoms with Gasteiger partial charge in [0.15, 0.2) is 5.69 Å². The fraction of sp³-hybridized carbons (Fsp3) is 0.667. The van der Waals surface area contributed by atoms with Gasteiger partial charge in [0, 0.05) is 24.6 Å². The van der Waals surface area contributed by atoms with Crippen molar-refractivity contribution in [3.8, 4) is 0 Å². The van der Waals surface area contributed by atoms with Gasteiger partial charge in [0.05, 0.1) is 0 Å². The SMILES string of the molecule is C[C@@H]1CNC[C@H]1NC(=O)c1cc(C2CC2)on1. The summed E-state index contributed by atoms with van der Waals surface area (Å²) in [7, 11) is 0. The second-order valence-electron chi connectivity index (χ2n) is 5.10. The Labute approximate surface area is 99.9 Å². The van der Waals surface area contributed by atoms with Gasteiger partial charge in [0.2, 0.25) is 0 Å². The summed E-state index contributed by atoms with van der Waals surface area (Å²) in [4.78, 5) is 11.9. The first-order valence-electron chi connectivity index (χ1n) is 6.22. The average molecular weight is 235 g/mol. The van der Waals surface area contributed by atoms with E-state index in [0.29, 0.717) is 17.5 Å². The molecule has 2 atom stereocenters. The maximum Gasteiger partial charge on any atom is 0.273 e. The minimum atomic E-state index is -0.124. The van der Waals surface area contributed by atoms with E-state index in [-0.39, 0.29) is 11.9 Å². The quantitative estimate of drug-likeness (QED) is 0.816. The number of aromatic nitrogens is 1. The van der Waals surface area contributed by atoms with Crippen molar-refractivity contribution in [3.63, 3.8) is 0 Å². The van der Waals surface area contributed by atoms with Crippen molar-refractivity contribution in [3.05, 3.63) is 17.5 Å². The van der Waals surface area contributed by atoms with Crippen molar-refractivity contribution < 1.29 is 9.32 Å². The maximum atomic E-state index is 11.9. The Morgan fingerprint density at radius 2 is 2.35 bits per heavy atom. The van der Waals surface area contributed by atoms with Gasteiger partial charge in [-0.05, 0) is 25.3 Å². The molecule has 1 aliphatic carbocycles. The zero-order valence-electron chi connectivity index (χ0n) is 9.90. The second-order valence-corrected chi connectivity index (χ2v) is 5.10. The highest BCUT2D eigenvalue weighted by molar-refractivity contribution is 5.92. The highest BCUT2D eigenvalue weighted by atomic mass is 16.5. The van der Waals surface area contributed by atoms with Crippen LogP contribution in [0.1, 0.15) is 41.9 Å². The molecule has 1 aromatic heterocycles. The minimum Gasteiger partial charge on any atom is -0.360 e. The lowest BCUT2D eigenvalue weighted by molar-refractivity contribution is 0.0923. The predicted molar refractivity (Wildman–Crippen MR) is 61.8 cm³/mol. The first-order valence-corrected chi connectivity index (χ1v) is 6.22. The van der Waals surface area contributed by atoms with E-state index < -0.39 is 0 Å². The average Bonchev–Trinajstić information content (AvgIpc) is 2.91. The fourth-order valence-corrected chi connectivity index (χ4v) is 2.20. The summed E-state index contributed by atoms with van der Waals surface area (Å²) in [5.74, 6) is 1.69. The molecule has 2 heterocycles. The Balaban J connectivity index is 1.64. The van der Waals surface area contributed by atoms with Gasteiger partial charge in [-0.15, -0.1) is 0 Å². The number of hydrogen-bond acceptors (Lipinski definition) is 4. The van der Waals surface area contributed by atoms with Crippen LogP contribution >= 0.6 is 0 Å². The summed E-state index contributed by atoms with van der Waals surface area (Å²) in [6.07, 6.45) is 2.31. The highest BCUT2D eigenvalue weighted by Crippen LogP contribution is 2.40. The first kappa shape index (κ1) is 10.8. The van der Waals surface area contributed by atoms with Crippen LogP contribution in [-0.4, -0.2) is 30.2 Å². The number of nitrogens with zero attached hydrogens (tertiary/aromatic N) is 1. The second kappa shape index (κ2) is 4.14. The molecule has 1 aromatic rings. The third kappa shape index (κ3) is 2.20. The predicted octanol–water partition coefficient (Wildman–Crippen LogP) is 0.890. The molecule has 1 saturated carbocycles. The van der Waals surface area contributed by atoms with E-state index in [1.54, 1.807) is 6.07 Å². The van der Waals surface area contributed by atoms with Crippen molar-refractivity contribution in [1.82, 2.24) is 15.8 Å². The smallest absolute Gasteiger partial charge is 0.273 e. The first-order chi connectivity index (χ1) is 8.24. The molecular formula is C12H17N3O2. The number of rotatable bonds is 3. The summed E-state index contributed by atoms with van der Waals surface area (Å²) < 4.78 is 5.17. The van der Waals surface area contributed by atoms with Gasteiger partial charge in [-0.1, -0.05) is 12.1 Å². The van der Waals surface area contributed by atoms with E-state index in [4.69, 9.17) is 4.52 Å². The van der Waals surface area contributed by atoms with Crippen molar-refractivity contribution >= 4 is 5.91 Å². The van der Waals surface area contributed by atoms with Gasteiger partial charge in [0.1, 0.15) is 5.76 Å². The standard InChI is InChI=1S/C12H17N3O2/c1-7-5-13-6-10(7)14-12(16)9-4-11(17-15-9)8-2-3-8/h4,7-8,10,13H,2-3,5-6H2,1H3,(H,14,16)/t7-,10-/m1/s1. The van der Waals surface area contributed by atoms with Crippen LogP contribution in [0.2, 0.25) is 0 Å². The number of nitrogens with one attached hydrogen (secondary N) is 2. The molecule has 1 aliphatic heterocycles. The van der Waals surface area contributed by atoms with Gasteiger partial charge in [-0.2, -0.15) is 0 Å². The van der Waals surface area contributed by atoms with Crippen LogP contribution in [0.4, 0.5) is 0 Å². The molecule has 1 saturated heterocycles. The topological polar surface area (TPSA) is 67.2 Å². The molecule has 5 heteroatoms. The maximum absolute atomic E-state index is 11.9. The zero-order chi connectivity index (χ0) is 11.8. The molecular weight excluding hydrogens is 218 g/mol. The van der Waals surface area contributed by atoms with E-state index in [2.05, 4.69) is 22.7 Å². The summed E-state index contributed by atoms with van der Waals surface area (Å²) in [6.45, 7) is 3.92. The summed E-state index contributed by atoms with van der Waals surface area (Å²) in [5.41, 5.74) is 0.408. The molecule has 0 bridgehead atoms. The van der Waals surface area contributed by atoms with Crippen LogP contribution in [0, 0.1) is 5.92 Å². The van der Waals surface area contributed by atoms with Crippen molar-refractivity contribution in [2.45, 2.75) is 31.7 Å². The zero-order valence-corrected chi connectivity index (χ0v) is 9.90. The van der Waals surface area contributed by atoms with E-state index in [1.165, 1.54) is 0 Å². The Hall–Kier alpha value is -1.36. The van der Waals surface area contributed by atoms with Crippen LogP contribution in [0.15, 0.2) is 10.6 Å². The minimum absolute atomic E-state index is 0.124. The normalized spacial score (nSPS) is 28.3. The Bertz CT molecular complexity index is 425. The summed E-state index contributed by atoms with van der Waals surface area (Å²) >= 11 is 0. The Morgan fingerprint density at radius 3 is 3.00 bits per heavy atom. The lowest BCUT2D eigenvalue weighted by Gasteiger charge is -2.14. The van der Waals surface area contributed by atoms with Crippen LogP contribution in [-0.2, 0) is 0 Å². The molecule has 1 amide bonds. The third-order valence-corrected chi connectivity index (χ3v) is 3.57. The number of carbonyl (C=O) groups is 1. The largest absolute Gasteiger partial charge is 0.360 e. The highest BCUT2D eigenvalue weighted by Gasteiger charge is 2.30. The summed E-state index contributed by atoms with van der Waals surface area (Å²) in [5, 5.41) is 10.1. The molecule has 92 valence electrons.